The molecule has 1 aromatic carbocycles. The summed E-state index contributed by atoms with van der Waals surface area (Å²) in [6.07, 6.45) is 1.68. The van der Waals surface area contributed by atoms with E-state index in [4.69, 9.17) is 9.47 Å². The normalized spacial score (nSPS) is 24.0. The smallest absolute Gasteiger partial charge is 0.343 e. The van der Waals surface area contributed by atoms with Crippen LogP contribution in [0.15, 0.2) is 42.2 Å². The van der Waals surface area contributed by atoms with Gasteiger partial charge in [-0.05, 0) is 32.1 Å². The third kappa shape index (κ3) is 2.31. The van der Waals surface area contributed by atoms with Crippen molar-refractivity contribution in [3.8, 4) is 0 Å². The third-order valence-electron chi connectivity index (χ3n) is 2.44. The fourth-order valence-corrected chi connectivity index (χ4v) is 1.65. The molecule has 0 aromatic heterocycles. The van der Waals surface area contributed by atoms with Crippen LogP contribution in [-0.2, 0) is 9.47 Å². The van der Waals surface area contributed by atoms with Gasteiger partial charge in [0, 0.05) is 0 Å². The molecule has 0 amide bonds. The summed E-state index contributed by atoms with van der Waals surface area (Å²) in [4.78, 5) is 11.7. The van der Waals surface area contributed by atoms with Gasteiger partial charge in [0.25, 0.3) is 0 Å². The molecule has 0 spiro atoms. The molecule has 2 rings (SSSR count). The van der Waals surface area contributed by atoms with E-state index in [0.29, 0.717) is 11.3 Å². The molecule has 0 saturated heterocycles. The first-order valence-corrected chi connectivity index (χ1v) is 5.31. The lowest BCUT2D eigenvalue weighted by Gasteiger charge is -2.10. The Hall–Kier alpha value is -1.61. The van der Waals surface area contributed by atoms with Crippen molar-refractivity contribution in [3.63, 3.8) is 0 Å². The highest BCUT2D eigenvalue weighted by atomic mass is 16.6. The molecule has 0 N–H and O–H groups in total. The van der Waals surface area contributed by atoms with Gasteiger partial charge < -0.3 is 9.47 Å². The van der Waals surface area contributed by atoms with Crippen LogP contribution >= 0.6 is 0 Å². The van der Waals surface area contributed by atoms with E-state index in [0.717, 1.165) is 0 Å². The van der Waals surface area contributed by atoms with E-state index in [1.54, 1.807) is 12.1 Å². The summed E-state index contributed by atoms with van der Waals surface area (Å²) >= 11 is 0. The second-order valence-corrected chi connectivity index (χ2v) is 3.81. The first kappa shape index (κ1) is 10.9. The molecule has 0 bridgehead atoms. The average Bonchev–Trinajstić information content (AvgIpc) is 2.59. The molecule has 0 fully saturated rings. The van der Waals surface area contributed by atoms with Gasteiger partial charge >= 0.3 is 5.97 Å². The van der Waals surface area contributed by atoms with Crippen molar-refractivity contribution in [1.82, 2.24) is 0 Å². The van der Waals surface area contributed by atoms with Gasteiger partial charge in [0.1, 0.15) is 11.9 Å². The predicted octanol–water partition coefficient (Wildman–Crippen LogP) is 2.53. The van der Waals surface area contributed by atoms with Gasteiger partial charge in [0.2, 0.25) is 0 Å². The molecule has 0 aliphatic carbocycles. The molecular formula is C13H14O3. The zero-order valence-electron chi connectivity index (χ0n) is 9.34. The van der Waals surface area contributed by atoms with Gasteiger partial charge in [-0.15, -0.1) is 0 Å². The second kappa shape index (κ2) is 4.49. The summed E-state index contributed by atoms with van der Waals surface area (Å²) in [7, 11) is 0. The Morgan fingerprint density at radius 3 is 2.50 bits per heavy atom. The lowest BCUT2D eigenvalue weighted by Crippen LogP contribution is -2.13. The standard InChI is InChI=1S/C13H14O3/c1-9-8-12(10(2)15-9)16-13(14)11-6-4-3-5-7-11/h3-10H,1-2H3. The summed E-state index contributed by atoms with van der Waals surface area (Å²) < 4.78 is 10.7. The molecule has 1 aliphatic heterocycles. The van der Waals surface area contributed by atoms with Gasteiger partial charge in [-0.25, -0.2) is 4.79 Å². The zero-order chi connectivity index (χ0) is 11.5. The number of rotatable bonds is 2. The molecule has 0 saturated carbocycles. The zero-order valence-corrected chi connectivity index (χ0v) is 9.34. The molecule has 3 heteroatoms. The first-order chi connectivity index (χ1) is 7.66. The highest BCUT2D eigenvalue weighted by molar-refractivity contribution is 5.90. The Morgan fingerprint density at radius 1 is 1.25 bits per heavy atom. The summed E-state index contributed by atoms with van der Waals surface area (Å²) in [6.45, 7) is 3.79. The maximum atomic E-state index is 11.7. The molecule has 1 heterocycles. The van der Waals surface area contributed by atoms with E-state index in [9.17, 15) is 4.79 Å². The van der Waals surface area contributed by atoms with Crippen LogP contribution in [0, 0.1) is 0 Å². The van der Waals surface area contributed by atoms with Crippen LogP contribution in [0.5, 0.6) is 0 Å². The third-order valence-corrected chi connectivity index (χ3v) is 2.44. The van der Waals surface area contributed by atoms with Gasteiger partial charge in [0.15, 0.2) is 0 Å². The van der Waals surface area contributed by atoms with Crippen molar-refractivity contribution in [3.05, 3.63) is 47.7 Å². The van der Waals surface area contributed by atoms with Crippen molar-refractivity contribution in [1.29, 1.82) is 0 Å². The number of carbonyl (C=O) groups is 1. The molecule has 1 aromatic rings. The van der Waals surface area contributed by atoms with E-state index < -0.39 is 0 Å². The van der Waals surface area contributed by atoms with Gasteiger partial charge in [-0.2, -0.15) is 0 Å². The quantitative estimate of drug-likeness (QED) is 0.715. The number of esters is 1. The molecule has 2 atom stereocenters. The number of benzene rings is 1. The molecule has 2 unspecified atom stereocenters. The van der Waals surface area contributed by atoms with E-state index >= 15 is 0 Å². The van der Waals surface area contributed by atoms with Crippen LogP contribution in [0.3, 0.4) is 0 Å². The summed E-state index contributed by atoms with van der Waals surface area (Å²) in [5, 5.41) is 0. The molecule has 16 heavy (non-hydrogen) atoms. The van der Waals surface area contributed by atoms with Crippen molar-refractivity contribution >= 4 is 5.97 Å². The van der Waals surface area contributed by atoms with E-state index in [2.05, 4.69) is 0 Å². The Kier molecular flexibility index (Phi) is 3.06. The lowest BCUT2D eigenvalue weighted by molar-refractivity contribution is 0.0367. The van der Waals surface area contributed by atoms with Crippen LogP contribution in [0.2, 0.25) is 0 Å². The van der Waals surface area contributed by atoms with Crippen LogP contribution in [0.25, 0.3) is 0 Å². The number of hydrogen-bond acceptors (Lipinski definition) is 3. The minimum absolute atomic E-state index is 0.00794. The van der Waals surface area contributed by atoms with Crippen molar-refractivity contribution in [2.24, 2.45) is 0 Å². The topological polar surface area (TPSA) is 35.5 Å². The fourth-order valence-electron chi connectivity index (χ4n) is 1.65. The van der Waals surface area contributed by atoms with Crippen LogP contribution in [0.1, 0.15) is 24.2 Å². The average molecular weight is 218 g/mol. The summed E-state index contributed by atoms with van der Waals surface area (Å²) in [5.41, 5.74) is 0.551. The Morgan fingerprint density at radius 2 is 1.94 bits per heavy atom. The van der Waals surface area contributed by atoms with E-state index in [-0.39, 0.29) is 18.2 Å². The molecule has 3 nitrogen and oxygen atoms in total. The molecule has 84 valence electrons. The Labute approximate surface area is 94.7 Å². The van der Waals surface area contributed by atoms with Crippen molar-refractivity contribution in [2.45, 2.75) is 26.1 Å². The van der Waals surface area contributed by atoms with Gasteiger partial charge in [0.05, 0.1) is 11.7 Å². The van der Waals surface area contributed by atoms with Gasteiger partial charge in [-0.1, -0.05) is 18.2 Å². The number of hydrogen-bond donors (Lipinski definition) is 0. The summed E-state index contributed by atoms with van der Waals surface area (Å²) in [6, 6.07) is 8.93. The maximum absolute atomic E-state index is 11.7. The van der Waals surface area contributed by atoms with Crippen LogP contribution in [-0.4, -0.2) is 18.2 Å². The highest BCUT2D eigenvalue weighted by Gasteiger charge is 2.24. The largest absolute Gasteiger partial charge is 0.425 e. The number of ether oxygens (including phenoxy) is 2. The maximum Gasteiger partial charge on any atom is 0.343 e. The Balaban J connectivity index is 2.06. The minimum Gasteiger partial charge on any atom is -0.425 e. The minimum atomic E-state index is -0.337. The molecule has 1 aliphatic rings. The summed E-state index contributed by atoms with van der Waals surface area (Å²) in [5.74, 6) is 0.262. The fraction of sp³-hybridized carbons (Fsp3) is 0.308. The van der Waals surface area contributed by atoms with Crippen LogP contribution in [0.4, 0.5) is 0 Å². The predicted molar refractivity (Wildman–Crippen MR) is 59.9 cm³/mol. The van der Waals surface area contributed by atoms with E-state index in [1.165, 1.54) is 0 Å². The number of carbonyl (C=O) groups excluding carboxylic acids is 1. The lowest BCUT2D eigenvalue weighted by atomic mass is 10.2. The second-order valence-electron chi connectivity index (χ2n) is 3.81. The molecule has 0 radical (unpaired) electrons. The first-order valence-electron chi connectivity index (χ1n) is 5.31. The SMILES string of the molecule is CC1C=C(OC(=O)c2ccccc2)C(C)O1. The monoisotopic (exact) mass is 218 g/mol. The highest BCUT2D eigenvalue weighted by Crippen LogP contribution is 2.21. The van der Waals surface area contributed by atoms with Crippen molar-refractivity contribution < 1.29 is 14.3 Å². The van der Waals surface area contributed by atoms with Gasteiger partial charge in [-0.3, -0.25) is 0 Å². The van der Waals surface area contributed by atoms with E-state index in [1.807, 2.05) is 38.1 Å². The Bertz CT molecular complexity index is 408. The van der Waals surface area contributed by atoms with Crippen molar-refractivity contribution in [2.75, 3.05) is 0 Å². The van der Waals surface area contributed by atoms with Crippen LogP contribution < -0.4 is 0 Å². The molecular weight excluding hydrogens is 204 g/mol.